The van der Waals surface area contributed by atoms with E-state index < -0.39 is 0 Å². The number of carbonyl (C=O) groups excluding carboxylic acids is 1. The number of nitrogens with one attached hydrogen (secondary N) is 1. The predicted octanol–water partition coefficient (Wildman–Crippen LogP) is 2.32. The van der Waals surface area contributed by atoms with Crippen LogP contribution in [0.4, 0.5) is 0 Å². The van der Waals surface area contributed by atoms with Crippen LogP contribution in [-0.4, -0.2) is 13.0 Å². The average Bonchev–Trinajstić information content (AvgIpc) is 3.10. The number of carbonyl (C=O) groups is 1. The van der Waals surface area contributed by atoms with Crippen molar-refractivity contribution in [3.8, 4) is 0 Å². The zero-order chi connectivity index (χ0) is 10.7. The molecular weight excluding hydrogens is 186 g/mol. The molecule has 1 aromatic carbocycles. The molecule has 2 rings (SSSR count). The summed E-state index contributed by atoms with van der Waals surface area (Å²) in [6.07, 6.45) is 3.18. The molecule has 0 radical (unpaired) electrons. The van der Waals surface area contributed by atoms with Crippen LogP contribution in [0.15, 0.2) is 30.3 Å². The third-order valence-corrected chi connectivity index (χ3v) is 3.10. The monoisotopic (exact) mass is 203 g/mol. The van der Waals surface area contributed by atoms with Crippen molar-refractivity contribution in [3.63, 3.8) is 0 Å². The van der Waals surface area contributed by atoms with Gasteiger partial charge in [0.15, 0.2) is 0 Å². The fraction of sp³-hybridized carbons (Fsp3) is 0.462. The first-order valence-electron chi connectivity index (χ1n) is 5.57. The molecule has 1 amide bonds. The highest BCUT2D eigenvalue weighted by Gasteiger charge is 2.33. The van der Waals surface area contributed by atoms with Gasteiger partial charge >= 0.3 is 0 Å². The number of hydrogen-bond donors (Lipinski definition) is 1. The molecule has 1 atom stereocenters. The summed E-state index contributed by atoms with van der Waals surface area (Å²) in [6, 6.07) is 10.4. The molecule has 0 aliphatic heterocycles. The van der Waals surface area contributed by atoms with Gasteiger partial charge in [-0.1, -0.05) is 30.3 Å². The quantitative estimate of drug-likeness (QED) is 0.799. The third kappa shape index (κ3) is 2.58. The molecule has 1 aromatic rings. The van der Waals surface area contributed by atoms with Crippen molar-refractivity contribution >= 4 is 5.91 Å². The minimum Gasteiger partial charge on any atom is -0.359 e. The molecule has 0 aromatic heterocycles. The summed E-state index contributed by atoms with van der Waals surface area (Å²) >= 11 is 0. The summed E-state index contributed by atoms with van der Waals surface area (Å²) in [7, 11) is 1.71. The lowest BCUT2D eigenvalue weighted by Crippen LogP contribution is -2.21. The van der Waals surface area contributed by atoms with Gasteiger partial charge in [0, 0.05) is 13.5 Å². The molecule has 1 aliphatic rings. The molecule has 0 spiro atoms. The van der Waals surface area contributed by atoms with Gasteiger partial charge in [-0.05, 0) is 30.2 Å². The Morgan fingerprint density at radius 3 is 2.60 bits per heavy atom. The smallest absolute Gasteiger partial charge is 0.220 e. The Kier molecular flexibility index (Phi) is 3.05. The van der Waals surface area contributed by atoms with Gasteiger partial charge in [0.1, 0.15) is 0 Å². The Labute approximate surface area is 90.7 Å². The van der Waals surface area contributed by atoms with Gasteiger partial charge in [-0.25, -0.2) is 0 Å². The normalized spacial score (nSPS) is 17.1. The molecule has 80 valence electrons. The predicted molar refractivity (Wildman–Crippen MR) is 60.6 cm³/mol. The van der Waals surface area contributed by atoms with Crippen molar-refractivity contribution in [2.45, 2.75) is 25.2 Å². The second-order valence-corrected chi connectivity index (χ2v) is 4.23. The summed E-state index contributed by atoms with van der Waals surface area (Å²) < 4.78 is 0. The first-order valence-corrected chi connectivity index (χ1v) is 5.57. The van der Waals surface area contributed by atoms with Crippen LogP contribution in [-0.2, 0) is 4.79 Å². The SMILES string of the molecule is CNC(=O)CC(c1ccccc1)C1CC1. The van der Waals surface area contributed by atoms with E-state index in [0.29, 0.717) is 12.3 Å². The highest BCUT2D eigenvalue weighted by atomic mass is 16.1. The van der Waals surface area contributed by atoms with E-state index in [1.165, 1.54) is 18.4 Å². The van der Waals surface area contributed by atoms with Crippen molar-refractivity contribution in [1.29, 1.82) is 0 Å². The Morgan fingerprint density at radius 2 is 2.07 bits per heavy atom. The van der Waals surface area contributed by atoms with Crippen molar-refractivity contribution < 1.29 is 4.79 Å². The molecule has 0 bridgehead atoms. The van der Waals surface area contributed by atoms with E-state index in [0.717, 1.165) is 5.92 Å². The van der Waals surface area contributed by atoms with Crippen LogP contribution in [0.3, 0.4) is 0 Å². The van der Waals surface area contributed by atoms with Crippen molar-refractivity contribution in [2.24, 2.45) is 5.92 Å². The maximum absolute atomic E-state index is 11.4. The van der Waals surface area contributed by atoms with E-state index in [4.69, 9.17) is 0 Å². The van der Waals surface area contributed by atoms with Crippen LogP contribution in [0, 0.1) is 5.92 Å². The minimum atomic E-state index is 0.149. The maximum atomic E-state index is 11.4. The molecular formula is C13H17NO. The molecule has 1 fully saturated rings. The number of benzene rings is 1. The minimum absolute atomic E-state index is 0.149. The lowest BCUT2D eigenvalue weighted by Gasteiger charge is -2.15. The Bertz CT molecular complexity index is 330. The third-order valence-electron chi connectivity index (χ3n) is 3.10. The van der Waals surface area contributed by atoms with Gasteiger partial charge in [0.25, 0.3) is 0 Å². The molecule has 0 saturated heterocycles. The zero-order valence-electron chi connectivity index (χ0n) is 9.07. The summed E-state index contributed by atoms with van der Waals surface area (Å²) in [5.41, 5.74) is 1.31. The van der Waals surface area contributed by atoms with Crippen molar-refractivity contribution in [2.75, 3.05) is 7.05 Å². The zero-order valence-corrected chi connectivity index (χ0v) is 9.07. The molecule has 15 heavy (non-hydrogen) atoms. The summed E-state index contributed by atoms with van der Waals surface area (Å²) in [5.74, 6) is 1.30. The van der Waals surface area contributed by atoms with Gasteiger partial charge in [-0.15, -0.1) is 0 Å². The van der Waals surface area contributed by atoms with E-state index in [2.05, 4.69) is 29.6 Å². The molecule has 1 saturated carbocycles. The Balaban J connectivity index is 2.10. The maximum Gasteiger partial charge on any atom is 0.220 e. The first kappa shape index (κ1) is 10.2. The van der Waals surface area contributed by atoms with Crippen LogP contribution in [0.5, 0.6) is 0 Å². The lowest BCUT2D eigenvalue weighted by atomic mass is 9.91. The van der Waals surface area contributed by atoms with Gasteiger partial charge in [0.05, 0.1) is 0 Å². The molecule has 2 heteroatoms. The average molecular weight is 203 g/mol. The number of amides is 1. The van der Waals surface area contributed by atoms with E-state index >= 15 is 0 Å². The highest BCUT2D eigenvalue weighted by Crippen LogP contribution is 2.44. The first-order chi connectivity index (χ1) is 7.31. The van der Waals surface area contributed by atoms with Gasteiger partial charge in [0.2, 0.25) is 5.91 Å². The fourth-order valence-electron chi connectivity index (χ4n) is 2.06. The molecule has 1 aliphatic carbocycles. The molecule has 0 heterocycles. The summed E-state index contributed by atoms with van der Waals surface area (Å²) in [5, 5.41) is 2.71. The molecule has 2 nitrogen and oxygen atoms in total. The number of rotatable bonds is 4. The Morgan fingerprint density at radius 1 is 1.40 bits per heavy atom. The lowest BCUT2D eigenvalue weighted by molar-refractivity contribution is -0.121. The summed E-state index contributed by atoms with van der Waals surface area (Å²) in [4.78, 5) is 11.4. The number of hydrogen-bond acceptors (Lipinski definition) is 1. The van der Waals surface area contributed by atoms with Crippen molar-refractivity contribution in [1.82, 2.24) is 5.32 Å². The molecule has 1 unspecified atom stereocenters. The van der Waals surface area contributed by atoms with Gasteiger partial charge in [-0.3, -0.25) is 4.79 Å². The van der Waals surface area contributed by atoms with E-state index in [1.54, 1.807) is 7.05 Å². The van der Waals surface area contributed by atoms with Gasteiger partial charge in [-0.2, -0.15) is 0 Å². The van der Waals surface area contributed by atoms with Crippen LogP contribution in [0.2, 0.25) is 0 Å². The molecule has 1 N–H and O–H groups in total. The van der Waals surface area contributed by atoms with Crippen LogP contribution in [0.25, 0.3) is 0 Å². The topological polar surface area (TPSA) is 29.1 Å². The van der Waals surface area contributed by atoms with E-state index in [9.17, 15) is 4.79 Å². The van der Waals surface area contributed by atoms with Crippen molar-refractivity contribution in [3.05, 3.63) is 35.9 Å². The fourth-order valence-corrected chi connectivity index (χ4v) is 2.06. The van der Waals surface area contributed by atoms with Crippen LogP contribution >= 0.6 is 0 Å². The largest absolute Gasteiger partial charge is 0.359 e. The van der Waals surface area contributed by atoms with Crippen LogP contribution < -0.4 is 5.32 Å². The van der Waals surface area contributed by atoms with Crippen LogP contribution in [0.1, 0.15) is 30.7 Å². The van der Waals surface area contributed by atoms with E-state index in [1.807, 2.05) is 6.07 Å². The van der Waals surface area contributed by atoms with E-state index in [-0.39, 0.29) is 5.91 Å². The van der Waals surface area contributed by atoms with Gasteiger partial charge < -0.3 is 5.32 Å². The standard InChI is InChI=1S/C13H17NO/c1-14-13(15)9-12(11-7-8-11)10-5-3-2-4-6-10/h2-6,11-12H,7-9H2,1H3,(H,14,15). The second kappa shape index (κ2) is 4.47. The second-order valence-electron chi connectivity index (χ2n) is 4.23. The highest BCUT2D eigenvalue weighted by molar-refractivity contribution is 5.76. The summed E-state index contributed by atoms with van der Waals surface area (Å²) in [6.45, 7) is 0. The Hall–Kier alpha value is -1.31.